The van der Waals surface area contributed by atoms with Crippen LogP contribution in [0.4, 0.5) is 11.5 Å². The summed E-state index contributed by atoms with van der Waals surface area (Å²) in [7, 11) is 0. The van der Waals surface area contributed by atoms with Crippen molar-refractivity contribution in [3.63, 3.8) is 0 Å². The highest BCUT2D eigenvalue weighted by molar-refractivity contribution is 6.33. The van der Waals surface area contributed by atoms with Gasteiger partial charge in [-0.2, -0.15) is 0 Å². The maximum atomic E-state index is 5.79. The number of aromatic nitrogens is 1. The summed E-state index contributed by atoms with van der Waals surface area (Å²) < 4.78 is 0. The predicted molar refractivity (Wildman–Crippen MR) is 52.4 cm³/mol. The summed E-state index contributed by atoms with van der Waals surface area (Å²) in [5.74, 6) is 0.671. The van der Waals surface area contributed by atoms with E-state index < -0.39 is 0 Å². The molecule has 0 aromatic carbocycles. The molecule has 3 nitrogen and oxygen atoms in total. The van der Waals surface area contributed by atoms with Crippen LogP contribution in [0.25, 0.3) is 0 Å². The molecule has 0 spiro atoms. The SMILES string of the molecule is CCCNc1nccc(Cl)c1N. The third-order valence-electron chi connectivity index (χ3n) is 1.48. The average molecular weight is 186 g/mol. The third-order valence-corrected chi connectivity index (χ3v) is 1.81. The molecule has 0 atom stereocenters. The number of hydrogen-bond acceptors (Lipinski definition) is 3. The highest BCUT2D eigenvalue weighted by Gasteiger charge is 2.01. The molecule has 66 valence electrons. The summed E-state index contributed by atoms with van der Waals surface area (Å²) in [6.07, 6.45) is 2.67. The minimum atomic E-state index is 0.521. The molecule has 12 heavy (non-hydrogen) atoms. The Balaban J connectivity index is 2.78. The van der Waals surface area contributed by atoms with E-state index in [0.717, 1.165) is 13.0 Å². The Kier molecular flexibility index (Phi) is 3.17. The number of rotatable bonds is 3. The molecule has 0 aliphatic carbocycles. The van der Waals surface area contributed by atoms with Crippen LogP contribution in [0, 0.1) is 0 Å². The van der Waals surface area contributed by atoms with Crippen LogP contribution in [0.1, 0.15) is 13.3 Å². The summed E-state index contributed by atoms with van der Waals surface area (Å²) in [5, 5.41) is 3.63. The van der Waals surface area contributed by atoms with E-state index in [0.29, 0.717) is 16.5 Å². The van der Waals surface area contributed by atoms with Crippen molar-refractivity contribution < 1.29 is 0 Å². The normalized spacial score (nSPS) is 9.83. The lowest BCUT2D eigenvalue weighted by Gasteiger charge is -2.06. The number of nitrogens with one attached hydrogen (secondary N) is 1. The zero-order valence-corrected chi connectivity index (χ0v) is 7.73. The molecule has 0 aliphatic rings. The van der Waals surface area contributed by atoms with Crippen molar-refractivity contribution >= 4 is 23.1 Å². The van der Waals surface area contributed by atoms with Gasteiger partial charge in [0.1, 0.15) is 0 Å². The smallest absolute Gasteiger partial charge is 0.150 e. The van der Waals surface area contributed by atoms with Crippen LogP contribution in [0.15, 0.2) is 12.3 Å². The van der Waals surface area contributed by atoms with Gasteiger partial charge in [-0.15, -0.1) is 0 Å². The van der Waals surface area contributed by atoms with E-state index in [4.69, 9.17) is 17.3 Å². The number of halogens is 1. The molecule has 0 unspecified atom stereocenters. The van der Waals surface area contributed by atoms with Crippen LogP contribution < -0.4 is 11.1 Å². The van der Waals surface area contributed by atoms with Crippen LogP contribution in [0.3, 0.4) is 0 Å². The first-order chi connectivity index (χ1) is 5.75. The van der Waals surface area contributed by atoms with Crippen molar-refractivity contribution in [2.24, 2.45) is 0 Å². The van der Waals surface area contributed by atoms with Gasteiger partial charge in [-0.25, -0.2) is 4.98 Å². The average Bonchev–Trinajstić information content (AvgIpc) is 2.08. The Hall–Kier alpha value is -0.960. The van der Waals surface area contributed by atoms with Gasteiger partial charge in [-0.1, -0.05) is 18.5 Å². The van der Waals surface area contributed by atoms with Crippen molar-refractivity contribution in [3.8, 4) is 0 Å². The molecule has 0 bridgehead atoms. The number of nitrogens with zero attached hydrogens (tertiary/aromatic N) is 1. The number of nitrogen functional groups attached to an aromatic ring is 1. The van der Waals surface area contributed by atoms with Gasteiger partial charge in [0.25, 0.3) is 0 Å². The van der Waals surface area contributed by atoms with Crippen molar-refractivity contribution in [2.75, 3.05) is 17.6 Å². The molecule has 3 N–H and O–H groups in total. The Labute approximate surface area is 76.9 Å². The van der Waals surface area contributed by atoms with E-state index in [2.05, 4.69) is 17.2 Å². The lowest BCUT2D eigenvalue weighted by molar-refractivity contribution is 0.970. The maximum Gasteiger partial charge on any atom is 0.150 e. The topological polar surface area (TPSA) is 50.9 Å². The highest BCUT2D eigenvalue weighted by atomic mass is 35.5. The van der Waals surface area contributed by atoms with Gasteiger partial charge >= 0.3 is 0 Å². The first-order valence-corrected chi connectivity index (χ1v) is 4.27. The van der Waals surface area contributed by atoms with Gasteiger partial charge in [0, 0.05) is 12.7 Å². The second-order valence-electron chi connectivity index (χ2n) is 2.48. The molecule has 1 aromatic heterocycles. The summed E-state index contributed by atoms with van der Waals surface area (Å²) in [4.78, 5) is 4.06. The molecule has 1 heterocycles. The quantitative estimate of drug-likeness (QED) is 0.759. The summed E-state index contributed by atoms with van der Waals surface area (Å²) >= 11 is 5.79. The van der Waals surface area contributed by atoms with E-state index in [1.807, 2.05) is 0 Å². The molecular formula is C8H12ClN3. The van der Waals surface area contributed by atoms with Crippen molar-refractivity contribution in [1.82, 2.24) is 4.98 Å². The fourth-order valence-electron chi connectivity index (χ4n) is 0.834. The van der Waals surface area contributed by atoms with Crippen LogP contribution in [-0.2, 0) is 0 Å². The maximum absolute atomic E-state index is 5.79. The molecule has 0 fully saturated rings. The number of anilines is 2. The van der Waals surface area contributed by atoms with Gasteiger partial charge in [-0.05, 0) is 12.5 Å². The Bertz CT molecular complexity index is 262. The van der Waals surface area contributed by atoms with Crippen LogP contribution >= 0.6 is 11.6 Å². The molecule has 1 rings (SSSR count). The first kappa shape index (κ1) is 9.13. The summed E-state index contributed by atoms with van der Waals surface area (Å²) in [5.41, 5.74) is 6.19. The van der Waals surface area contributed by atoms with Gasteiger partial charge in [0.2, 0.25) is 0 Å². The van der Waals surface area contributed by atoms with Gasteiger partial charge in [0.15, 0.2) is 5.82 Å². The molecular weight excluding hydrogens is 174 g/mol. The predicted octanol–water partition coefficient (Wildman–Crippen LogP) is 2.14. The molecule has 0 amide bonds. The van der Waals surface area contributed by atoms with E-state index in [1.165, 1.54) is 0 Å². The highest BCUT2D eigenvalue weighted by Crippen LogP contribution is 2.23. The van der Waals surface area contributed by atoms with Crippen molar-refractivity contribution in [3.05, 3.63) is 17.3 Å². The number of nitrogens with two attached hydrogens (primary N) is 1. The second kappa shape index (κ2) is 4.16. The molecule has 4 heteroatoms. The van der Waals surface area contributed by atoms with Crippen molar-refractivity contribution in [2.45, 2.75) is 13.3 Å². The molecule has 0 aliphatic heterocycles. The fourth-order valence-corrected chi connectivity index (χ4v) is 0.980. The van der Waals surface area contributed by atoms with E-state index in [1.54, 1.807) is 12.3 Å². The third kappa shape index (κ3) is 2.01. The molecule has 0 saturated carbocycles. The Morgan fingerprint density at radius 1 is 1.67 bits per heavy atom. The van der Waals surface area contributed by atoms with Crippen LogP contribution in [0.2, 0.25) is 5.02 Å². The van der Waals surface area contributed by atoms with Crippen LogP contribution in [0.5, 0.6) is 0 Å². The second-order valence-corrected chi connectivity index (χ2v) is 2.89. The van der Waals surface area contributed by atoms with Crippen LogP contribution in [-0.4, -0.2) is 11.5 Å². The lowest BCUT2D eigenvalue weighted by atomic mass is 10.4. The van der Waals surface area contributed by atoms with E-state index in [9.17, 15) is 0 Å². The summed E-state index contributed by atoms with van der Waals surface area (Å²) in [6.45, 7) is 2.94. The fraction of sp³-hybridized carbons (Fsp3) is 0.375. The minimum Gasteiger partial charge on any atom is -0.395 e. The molecule has 0 saturated heterocycles. The Morgan fingerprint density at radius 3 is 3.08 bits per heavy atom. The van der Waals surface area contributed by atoms with E-state index in [-0.39, 0.29) is 0 Å². The van der Waals surface area contributed by atoms with Crippen molar-refractivity contribution in [1.29, 1.82) is 0 Å². The first-order valence-electron chi connectivity index (χ1n) is 3.89. The van der Waals surface area contributed by atoms with Gasteiger partial charge < -0.3 is 11.1 Å². The molecule has 1 aromatic rings. The summed E-state index contributed by atoms with van der Waals surface area (Å²) in [6, 6.07) is 1.67. The monoisotopic (exact) mass is 185 g/mol. The zero-order chi connectivity index (χ0) is 8.97. The van der Waals surface area contributed by atoms with Gasteiger partial charge in [0.05, 0.1) is 10.7 Å². The lowest BCUT2D eigenvalue weighted by Crippen LogP contribution is -2.05. The minimum absolute atomic E-state index is 0.521. The number of hydrogen-bond donors (Lipinski definition) is 2. The largest absolute Gasteiger partial charge is 0.395 e. The zero-order valence-electron chi connectivity index (χ0n) is 6.97. The number of pyridine rings is 1. The molecule has 0 radical (unpaired) electrons. The standard InChI is InChI=1S/C8H12ClN3/c1-2-4-11-8-7(10)6(9)3-5-12-8/h3,5H,2,4,10H2,1H3,(H,11,12). The van der Waals surface area contributed by atoms with E-state index >= 15 is 0 Å². The Morgan fingerprint density at radius 2 is 2.42 bits per heavy atom. The van der Waals surface area contributed by atoms with Gasteiger partial charge in [-0.3, -0.25) is 0 Å².